The van der Waals surface area contributed by atoms with Crippen LogP contribution in [0.3, 0.4) is 0 Å². The maximum Gasteiger partial charge on any atom is 0.416 e. The molecular weight excluding hydrogens is 475 g/mol. The van der Waals surface area contributed by atoms with Gasteiger partial charge in [0.2, 0.25) is 11.7 Å². The van der Waals surface area contributed by atoms with E-state index in [0.717, 1.165) is 16.6 Å². The van der Waals surface area contributed by atoms with E-state index in [1.165, 1.54) is 12.1 Å². The average Bonchev–Trinajstić information content (AvgIpc) is 3.11. The fourth-order valence-electron chi connectivity index (χ4n) is 2.99. The van der Waals surface area contributed by atoms with Crippen molar-refractivity contribution in [1.82, 2.24) is 15.0 Å². The number of hydrogen-bond donors (Lipinski definition) is 0. The third kappa shape index (κ3) is 4.02. The molecule has 0 radical (unpaired) electrons. The van der Waals surface area contributed by atoms with Crippen LogP contribution in [-0.2, 0) is 6.18 Å². The Morgan fingerprint density at radius 1 is 1.21 bits per heavy atom. The number of amides is 1. The first-order valence-corrected chi connectivity index (χ1v) is 9.65. The highest BCUT2D eigenvalue weighted by Crippen LogP contribution is 2.33. The van der Waals surface area contributed by atoms with Gasteiger partial charge in [-0.25, -0.2) is 0 Å². The van der Waals surface area contributed by atoms with E-state index in [4.69, 9.17) is 16.1 Å². The molecule has 1 aromatic heterocycles. The van der Waals surface area contributed by atoms with Crippen molar-refractivity contribution in [3.8, 4) is 11.4 Å². The monoisotopic (exact) mass is 485 g/mol. The van der Waals surface area contributed by atoms with Crippen LogP contribution >= 0.6 is 27.5 Å². The Bertz CT molecular complexity index is 1080. The Morgan fingerprint density at radius 2 is 1.97 bits per heavy atom. The number of nitrogens with zero attached hydrogens (tertiary/aromatic N) is 3. The van der Waals surface area contributed by atoms with Crippen LogP contribution in [0.2, 0.25) is 5.02 Å². The Kier molecular flexibility index (Phi) is 5.12. The minimum absolute atomic E-state index is 0.0749. The minimum atomic E-state index is -4.45. The van der Waals surface area contributed by atoms with Crippen LogP contribution in [0.4, 0.5) is 13.2 Å². The molecule has 5 nitrogen and oxygen atoms in total. The zero-order chi connectivity index (χ0) is 20.8. The molecule has 2 aromatic carbocycles. The maximum absolute atomic E-state index is 12.9. The summed E-state index contributed by atoms with van der Waals surface area (Å²) in [6.45, 7) is 0.706. The largest absolute Gasteiger partial charge is 0.416 e. The van der Waals surface area contributed by atoms with Crippen molar-refractivity contribution in [2.24, 2.45) is 0 Å². The van der Waals surface area contributed by atoms with Crippen LogP contribution in [0.5, 0.6) is 0 Å². The molecule has 1 fully saturated rings. The van der Waals surface area contributed by atoms with Crippen molar-refractivity contribution in [3.63, 3.8) is 0 Å². The van der Waals surface area contributed by atoms with Crippen LogP contribution in [0.25, 0.3) is 11.4 Å². The first-order valence-electron chi connectivity index (χ1n) is 8.48. The van der Waals surface area contributed by atoms with Gasteiger partial charge in [-0.2, -0.15) is 18.2 Å². The van der Waals surface area contributed by atoms with Gasteiger partial charge in [0.1, 0.15) is 0 Å². The Morgan fingerprint density at radius 3 is 2.69 bits per heavy atom. The number of carbonyl (C=O) groups is 1. The van der Waals surface area contributed by atoms with Gasteiger partial charge in [0.25, 0.3) is 5.91 Å². The van der Waals surface area contributed by atoms with E-state index >= 15 is 0 Å². The number of alkyl halides is 3. The molecule has 0 atom stereocenters. The lowest BCUT2D eigenvalue weighted by molar-refractivity contribution is -0.137. The third-order valence-corrected chi connectivity index (χ3v) is 5.39. The first kappa shape index (κ1) is 19.9. The number of benzene rings is 2. The summed E-state index contributed by atoms with van der Waals surface area (Å²) < 4.78 is 44.6. The van der Waals surface area contributed by atoms with Crippen LogP contribution < -0.4 is 0 Å². The smallest absolute Gasteiger partial charge is 0.339 e. The van der Waals surface area contributed by atoms with E-state index < -0.39 is 11.7 Å². The highest BCUT2D eigenvalue weighted by atomic mass is 79.9. The molecule has 0 aliphatic carbocycles. The number of hydrogen-bond acceptors (Lipinski definition) is 4. The second-order valence-corrected chi connectivity index (χ2v) is 7.89. The summed E-state index contributed by atoms with van der Waals surface area (Å²) in [6, 6.07) is 9.75. The second-order valence-electron chi connectivity index (χ2n) is 6.57. The Balaban J connectivity index is 1.46. The first-order chi connectivity index (χ1) is 13.7. The van der Waals surface area contributed by atoms with E-state index in [1.807, 2.05) is 0 Å². The summed E-state index contributed by atoms with van der Waals surface area (Å²) in [5, 5.41) is 4.14. The van der Waals surface area contributed by atoms with E-state index in [2.05, 4.69) is 26.1 Å². The van der Waals surface area contributed by atoms with Crippen molar-refractivity contribution in [1.29, 1.82) is 0 Å². The molecule has 3 aromatic rings. The van der Waals surface area contributed by atoms with Gasteiger partial charge in [-0.1, -0.05) is 44.8 Å². The molecule has 1 saturated heterocycles. The highest BCUT2D eigenvalue weighted by molar-refractivity contribution is 9.10. The fraction of sp³-hybridized carbons (Fsp3) is 0.211. The summed E-state index contributed by atoms with van der Waals surface area (Å²) in [4.78, 5) is 18.4. The zero-order valence-electron chi connectivity index (χ0n) is 14.6. The average molecular weight is 487 g/mol. The molecule has 4 rings (SSSR count). The van der Waals surface area contributed by atoms with Crippen LogP contribution in [0.1, 0.15) is 27.7 Å². The van der Waals surface area contributed by atoms with Crippen molar-refractivity contribution in [2.75, 3.05) is 13.1 Å². The highest BCUT2D eigenvalue weighted by Gasteiger charge is 2.37. The standard InChI is InChI=1S/C19H12BrClF3N3O2/c20-13-4-5-15(21)14(7-13)18(28)27-8-11(9-27)17-25-16(26-29-17)10-2-1-3-12(6-10)19(22,23)24/h1-7,11H,8-9H2. The van der Waals surface area contributed by atoms with Gasteiger partial charge in [0.15, 0.2) is 0 Å². The normalized spacial score (nSPS) is 14.7. The summed E-state index contributed by atoms with van der Waals surface area (Å²) in [7, 11) is 0. The molecule has 2 heterocycles. The van der Waals surface area contributed by atoms with E-state index in [0.29, 0.717) is 23.7 Å². The molecule has 1 amide bonds. The van der Waals surface area contributed by atoms with E-state index in [-0.39, 0.29) is 29.1 Å². The SMILES string of the molecule is O=C(c1cc(Br)ccc1Cl)N1CC(c2nc(-c3cccc(C(F)(F)F)c3)no2)C1. The molecule has 0 N–H and O–H groups in total. The molecular formula is C19H12BrClF3N3O2. The number of rotatable bonds is 3. The van der Waals surface area contributed by atoms with Gasteiger partial charge < -0.3 is 9.42 Å². The third-order valence-electron chi connectivity index (χ3n) is 4.57. The van der Waals surface area contributed by atoms with Gasteiger partial charge in [-0.05, 0) is 30.3 Å². The summed E-state index contributed by atoms with van der Waals surface area (Å²) in [5.41, 5.74) is -0.189. The predicted molar refractivity (Wildman–Crippen MR) is 103 cm³/mol. The molecule has 29 heavy (non-hydrogen) atoms. The molecule has 10 heteroatoms. The van der Waals surface area contributed by atoms with E-state index in [1.54, 1.807) is 23.1 Å². The lowest BCUT2D eigenvalue weighted by Gasteiger charge is -2.37. The Hall–Kier alpha value is -2.39. The lowest BCUT2D eigenvalue weighted by atomic mass is 9.98. The number of likely N-dealkylation sites (tertiary alicyclic amines) is 1. The van der Waals surface area contributed by atoms with Gasteiger partial charge in [-0.15, -0.1) is 0 Å². The predicted octanol–water partition coefficient (Wildman–Crippen LogP) is 5.41. The second kappa shape index (κ2) is 7.46. The molecule has 150 valence electrons. The molecule has 1 aliphatic rings. The van der Waals surface area contributed by atoms with Crippen LogP contribution in [0, 0.1) is 0 Å². The van der Waals surface area contributed by atoms with Crippen LogP contribution in [-0.4, -0.2) is 34.0 Å². The number of carbonyl (C=O) groups excluding carboxylic acids is 1. The molecule has 0 unspecified atom stereocenters. The van der Waals surface area contributed by atoms with Gasteiger partial charge in [0.05, 0.1) is 22.1 Å². The maximum atomic E-state index is 12.9. The summed E-state index contributed by atoms with van der Waals surface area (Å²) in [6.07, 6.45) is -4.45. The van der Waals surface area contributed by atoms with E-state index in [9.17, 15) is 18.0 Å². The van der Waals surface area contributed by atoms with Crippen molar-refractivity contribution in [2.45, 2.75) is 12.1 Å². The number of halogens is 5. The molecule has 0 bridgehead atoms. The lowest BCUT2D eigenvalue weighted by Crippen LogP contribution is -2.48. The Labute approximate surface area is 176 Å². The van der Waals surface area contributed by atoms with Crippen molar-refractivity contribution < 1.29 is 22.5 Å². The van der Waals surface area contributed by atoms with Gasteiger partial charge in [-0.3, -0.25) is 4.79 Å². The molecule has 1 aliphatic heterocycles. The van der Waals surface area contributed by atoms with Gasteiger partial charge >= 0.3 is 6.18 Å². The number of aromatic nitrogens is 2. The minimum Gasteiger partial charge on any atom is -0.339 e. The quantitative estimate of drug-likeness (QED) is 0.497. The van der Waals surface area contributed by atoms with Crippen molar-refractivity contribution >= 4 is 33.4 Å². The van der Waals surface area contributed by atoms with Crippen molar-refractivity contribution in [3.05, 3.63) is 69.0 Å². The van der Waals surface area contributed by atoms with Gasteiger partial charge in [0, 0.05) is 23.1 Å². The molecule has 0 saturated carbocycles. The topological polar surface area (TPSA) is 59.2 Å². The summed E-state index contributed by atoms with van der Waals surface area (Å²) >= 11 is 9.41. The van der Waals surface area contributed by atoms with Crippen LogP contribution in [0.15, 0.2) is 51.5 Å². The molecule has 0 spiro atoms. The summed E-state index contributed by atoms with van der Waals surface area (Å²) in [5.74, 6) is -0.0465. The zero-order valence-corrected chi connectivity index (χ0v) is 16.9. The fourth-order valence-corrected chi connectivity index (χ4v) is 3.54.